The van der Waals surface area contributed by atoms with Crippen LogP contribution in [0.25, 0.3) is 0 Å². The Labute approximate surface area is 115 Å². The van der Waals surface area contributed by atoms with Crippen molar-refractivity contribution < 1.29 is 14.2 Å². The van der Waals surface area contributed by atoms with Gasteiger partial charge >= 0.3 is 0 Å². The Morgan fingerprint density at radius 3 is 2.72 bits per heavy atom. The molecule has 0 amide bonds. The van der Waals surface area contributed by atoms with Crippen molar-refractivity contribution in [3.63, 3.8) is 0 Å². The Bertz CT molecular complexity index is 486. The van der Waals surface area contributed by atoms with Gasteiger partial charge in [-0.1, -0.05) is 0 Å². The molecule has 18 heavy (non-hydrogen) atoms. The molecule has 98 valence electrons. The van der Waals surface area contributed by atoms with Gasteiger partial charge < -0.3 is 19.9 Å². The van der Waals surface area contributed by atoms with Crippen molar-refractivity contribution >= 4 is 15.9 Å². The van der Waals surface area contributed by atoms with Crippen LogP contribution in [0.4, 0.5) is 0 Å². The molecule has 0 atom stereocenters. The van der Waals surface area contributed by atoms with Crippen molar-refractivity contribution in [1.29, 1.82) is 0 Å². The molecule has 1 aliphatic carbocycles. The van der Waals surface area contributed by atoms with Gasteiger partial charge in [0.05, 0.1) is 30.4 Å². The van der Waals surface area contributed by atoms with Gasteiger partial charge in [-0.05, 0) is 28.8 Å². The van der Waals surface area contributed by atoms with Crippen molar-refractivity contribution in [2.45, 2.75) is 24.8 Å². The molecule has 2 aliphatic rings. The predicted molar refractivity (Wildman–Crippen MR) is 71.4 cm³/mol. The molecule has 1 aromatic carbocycles. The topological polar surface area (TPSA) is 53.7 Å². The van der Waals surface area contributed by atoms with E-state index in [2.05, 4.69) is 15.9 Å². The van der Waals surface area contributed by atoms with Crippen molar-refractivity contribution in [2.75, 3.05) is 20.3 Å². The molecule has 0 saturated heterocycles. The van der Waals surface area contributed by atoms with Gasteiger partial charge in [-0.25, -0.2) is 0 Å². The van der Waals surface area contributed by atoms with Crippen LogP contribution in [0.5, 0.6) is 17.2 Å². The van der Waals surface area contributed by atoms with E-state index in [-0.39, 0.29) is 5.54 Å². The van der Waals surface area contributed by atoms with Gasteiger partial charge in [0.2, 0.25) is 0 Å². The highest BCUT2D eigenvalue weighted by molar-refractivity contribution is 9.10. The first-order valence-corrected chi connectivity index (χ1v) is 6.90. The van der Waals surface area contributed by atoms with Crippen molar-refractivity contribution in [2.24, 2.45) is 5.73 Å². The molecule has 1 heterocycles. The van der Waals surface area contributed by atoms with E-state index in [0.29, 0.717) is 13.2 Å². The highest BCUT2D eigenvalue weighted by Crippen LogP contribution is 2.55. The zero-order chi connectivity index (χ0) is 12.8. The zero-order valence-electron chi connectivity index (χ0n) is 10.3. The van der Waals surface area contributed by atoms with Gasteiger partial charge in [-0.3, -0.25) is 0 Å². The maximum atomic E-state index is 6.35. The van der Waals surface area contributed by atoms with Crippen LogP contribution >= 0.6 is 15.9 Å². The molecule has 5 heteroatoms. The fourth-order valence-corrected chi connectivity index (χ4v) is 2.86. The number of hydrogen-bond donors (Lipinski definition) is 1. The summed E-state index contributed by atoms with van der Waals surface area (Å²) in [5, 5.41) is 0. The van der Waals surface area contributed by atoms with Crippen LogP contribution in [0.15, 0.2) is 10.5 Å². The maximum Gasteiger partial charge on any atom is 0.170 e. The fraction of sp³-hybridized carbons (Fsp3) is 0.538. The Morgan fingerprint density at radius 1 is 1.33 bits per heavy atom. The highest BCUT2D eigenvalue weighted by Gasteiger charge is 2.46. The first-order chi connectivity index (χ1) is 8.65. The number of rotatable bonds is 2. The Morgan fingerprint density at radius 2 is 2.06 bits per heavy atom. The summed E-state index contributed by atoms with van der Waals surface area (Å²) in [6, 6.07) is 1.90. The summed E-state index contributed by atoms with van der Waals surface area (Å²) >= 11 is 3.52. The minimum absolute atomic E-state index is 0.326. The number of methoxy groups -OCH3 is 1. The molecule has 1 fully saturated rings. The molecule has 0 spiro atoms. The average molecular weight is 314 g/mol. The average Bonchev–Trinajstić information content (AvgIpc) is 3.11. The molecule has 0 aromatic heterocycles. The summed E-state index contributed by atoms with van der Waals surface area (Å²) < 4.78 is 17.9. The summed E-state index contributed by atoms with van der Waals surface area (Å²) in [6.07, 6.45) is 2.79. The van der Waals surface area contributed by atoms with E-state index in [1.165, 1.54) is 0 Å². The summed E-state index contributed by atoms with van der Waals surface area (Å²) in [7, 11) is 1.65. The standard InChI is InChI=1S/C13H16BrNO3/c1-16-11-8(14)7-9-12(18-6-2-5-17-9)10(11)13(15)3-4-13/h7H,2-6,15H2,1H3. The molecular weight excluding hydrogens is 298 g/mol. The molecule has 0 unspecified atom stereocenters. The summed E-state index contributed by atoms with van der Waals surface area (Å²) in [6.45, 7) is 1.32. The van der Waals surface area contributed by atoms with E-state index in [4.69, 9.17) is 19.9 Å². The first-order valence-electron chi connectivity index (χ1n) is 6.11. The molecule has 0 bridgehead atoms. The lowest BCUT2D eigenvalue weighted by molar-refractivity contribution is 0.294. The summed E-state index contributed by atoms with van der Waals surface area (Å²) in [5.41, 5.74) is 6.97. The van der Waals surface area contributed by atoms with Crippen LogP contribution in [-0.2, 0) is 5.54 Å². The van der Waals surface area contributed by atoms with Gasteiger partial charge in [-0.2, -0.15) is 0 Å². The van der Waals surface area contributed by atoms with Crippen molar-refractivity contribution in [1.82, 2.24) is 0 Å². The molecular formula is C13H16BrNO3. The fourth-order valence-electron chi connectivity index (χ4n) is 2.29. The number of benzene rings is 1. The summed E-state index contributed by atoms with van der Waals surface area (Å²) in [4.78, 5) is 0. The van der Waals surface area contributed by atoms with E-state index in [9.17, 15) is 0 Å². The molecule has 2 N–H and O–H groups in total. The third kappa shape index (κ3) is 1.86. The SMILES string of the molecule is COc1c(Br)cc2c(c1C1(N)CC1)OCCCO2. The second-order valence-electron chi connectivity index (χ2n) is 4.80. The van der Waals surface area contributed by atoms with Crippen LogP contribution in [0.3, 0.4) is 0 Å². The Balaban J connectivity index is 2.21. The van der Waals surface area contributed by atoms with Crippen LogP contribution in [0.1, 0.15) is 24.8 Å². The number of fused-ring (bicyclic) bond motifs is 1. The first kappa shape index (κ1) is 12.1. The number of hydrogen-bond acceptors (Lipinski definition) is 4. The van der Waals surface area contributed by atoms with Crippen LogP contribution in [0, 0.1) is 0 Å². The number of halogens is 1. The van der Waals surface area contributed by atoms with E-state index in [1.807, 2.05) is 6.07 Å². The minimum Gasteiger partial charge on any atom is -0.495 e. The molecule has 0 radical (unpaired) electrons. The Hall–Kier alpha value is -0.940. The smallest absolute Gasteiger partial charge is 0.170 e. The zero-order valence-corrected chi connectivity index (χ0v) is 11.9. The lowest BCUT2D eigenvalue weighted by Gasteiger charge is -2.21. The molecule has 4 nitrogen and oxygen atoms in total. The van der Waals surface area contributed by atoms with E-state index in [0.717, 1.165) is 46.5 Å². The van der Waals surface area contributed by atoms with Gasteiger partial charge in [0.15, 0.2) is 11.5 Å². The minimum atomic E-state index is -0.326. The monoisotopic (exact) mass is 313 g/mol. The number of nitrogens with two attached hydrogens (primary N) is 1. The van der Waals surface area contributed by atoms with E-state index in [1.54, 1.807) is 7.11 Å². The van der Waals surface area contributed by atoms with E-state index < -0.39 is 0 Å². The van der Waals surface area contributed by atoms with E-state index >= 15 is 0 Å². The second kappa shape index (κ2) is 4.31. The molecule has 1 aromatic rings. The van der Waals surface area contributed by atoms with Gasteiger partial charge in [0.1, 0.15) is 5.75 Å². The molecule has 1 saturated carbocycles. The quantitative estimate of drug-likeness (QED) is 0.911. The van der Waals surface area contributed by atoms with Crippen LogP contribution in [0.2, 0.25) is 0 Å². The lowest BCUT2D eigenvalue weighted by Crippen LogP contribution is -2.21. The number of ether oxygens (including phenoxy) is 3. The van der Waals surface area contributed by atoms with Gasteiger partial charge in [0, 0.05) is 18.0 Å². The maximum absolute atomic E-state index is 6.35. The third-order valence-electron chi connectivity index (χ3n) is 3.44. The predicted octanol–water partition coefficient (Wildman–Crippen LogP) is 2.57. The third-order valence-corrected chi connectivity index (χ3v) is 4.03. The normalized spacial score (nSPS) is 20.2. The second-order valence-corrected chi connectivity index (χ2v) is 5.65. The Kier molecular flexibility index (Phi) is 2.90. The highest BCUT2D eigenvalue weighted by atomic mass is 79.9. The van der Waals surface area contributed by atoms with Crippen molar-refractivity contribution in [3.05, 3.63) is 16.1 Å². The summed E-state index contributed by atoms with van der Waals surface area (Å²) in [5.74, 6) is 2.28. The van der Waals surface area contributed by atoms with Crippen LogP contribution in [-0.4, -0.2) is 20.3 Å². The van der Waals surface area contributed by atoms with Crippen LogP contribution < -0.4 is 19.9 Å². The van der Waals surface area contributed by atoms with Crippen molar-refractivity contribution in [3.8, 4) is 17.2 Å². The van der Waals surface area contributed by atoms with Gasteiger partial charge in [0.25, 0.3) is 0 Å². The van der Waals surface area contributed by atoms with Gasteiger partial charge in [-0.15, -0.1) is 0 Å². The molecule has 3 rings (SSSR count). The largest absolute Gasteiger partial charge is 0.495 e. The lowest BCUT2D eigenvalue weighted by atomic mass is 10.0. The molecule has 1 aliphatic heterocycles.